The molecule has 1 saturated carbocycles. The van der Waals surface area contributed by atoms with Crippen molar-refractivity contribution < 1.29 is 0 Å². The topological polar surface area (TPSA) is 29.9 Å². The molecule has 1 fully saturated rings. The Morgan fingerprint density at radius 1 is 1.29 bits per heavy atom. The SMILES string of the molecule is Brc1cnn(-c2ccc(CNC3CC3)cc2)c1. The third-order valence-electron chi connectivity index (χ3n) is 2.92. The Hall–Kier alpha value is -1.13. The summed E-state index contributed by atoms with van der Waals surface area (Å²) in [6.07, 6.45) is 6.42. The maximum atomic E-state index is 4.25. The molecule has 1 aromatic carbocycles. The smallest absolute Gasteiger partial charge is 0.0646 e. The average Bonchev–Trinajstić information content (AvgIpc) is 3.09. The van der Waals surface area contributed by atoms with Crippen molar-refractivity contribution in [3.63, 3.8) is 0 Å². The first kappa shape index (κ1) is 11.0. The molecule has 1 aliphatic rings. The van der Waals surface area contributed by atoms with Crippen molar-refractivity contribution in [2.24, 2.45) is 0 Å². The van der Waals surface area contributed by atoms with Crippen molar-refractivity contribution in [1.29, 1.82) is 0 Å². The molecule has 1 N–H and O–H groups in total. The molecular formula is C13H14BrN3. The Kier molecular flexibility index (Phi) is 2.99. The first-order chi connectivity index (χ1) is 8.31. The highest BCUT2D eigenvalue weighted by molar-refractivity contribution is 9.10. The lowest BCUT2D eigenvalue weighted by atomic mass is 10.2. The Labute approximate surface area is 109 Å². The molecule has 0 atom stereocenters. The van der Waals surface area contributed by atoms with Crippen LogP contribution in [0.15, 0.2) is 41.1 Å². The quantitative estimate of drug-likeness (QED) is 0.939. The molecule has 0 aliphatic heterocycles. The monoisotopic (exact) mass is 291 g/mol. The van der Waals surface area contributed by atoms with E-state index in [0.717, 1.165) is 22.7 Å². The van der Waals surface area contributed by atoms with E-state index < -0.39 is 0 Å². The van der Waals surface area contributed by atoms with Gasteiger partial charge in [0, 0.05) is 18.8 Å². The highest BCUT2D eigenvalue weighted by Crippen LogP contribution is 2.19. The predicted molar refractivity (Wildman–Crippen MR) is 71.1 cm³/mol. The lowest BCUT2D eigenvalue weighted by Crippen LogP contribution is -2.15. The van der Waals surface area contributed by atoms with Crippen LogP contribution in [0.2, 0.25) is 0 Å². The van der Waals surface area contributed by atoms with Gasteiger partial charge in [0.2, 0.25) is 0 Å². The van der Waals surface area contributed by atoms with Crippen LogP contribution in [-0.4, -0.2) is 15.8 Å². The second-order valence-electron chi connectivity index (χ2n) is 4.42. The first-order valence-corrected chi connectivity index (χ1v) is 6.63. The molecular weight excluding hydrogens is 278 g/mol. The zero-order chi connectivity index (χ0) is 11.7. The molecule has 1 aromatic heterocycles. The lowest BCUT2D eigenvalue weighted by molar-refractivity contribution is 0.687. The molecule has 0 spiro atoms. The molecule has 2 aromatic rings. The summed E-state index contributed by atoms with van der Waals surface area (Å²) < 4.78 is 2.86. The van der Waals surface area contributed by atoms with E-state index in [2.05, 4.69) is 50.6 Å². The van der Waals surface area contributed by atoms with Crippen LogP contribution in [0.3, 0.4) is 0 Å². The molecule has 0 unspecified atom stereocenters. The van der Waals surface area contributed by atoms with Gasteiger partial charge in [0.05, 0.1) is 16.4 Å². The lowest BCUT2D eigenvalue weighted by Gasteiger charge is -2.05. The van der Waals surface area contributed by atoms with Crippen molar-refractivity contribution in [2.75, 3.05) is 0 Å². The number of rotatable bonds is 4. The van der Waals surface area contributed by atoms with E-state index >= 15 is 0 Å². The van der Waals surface area contributed by atoms with Crippen LogP contribution in [-0.2, 0) is 6.54 Å². The molecule has 88 valence electrons. The zero-order valence-corrected chi connectivity index (χ0v) is 11.0. The average molecular weight is 292 g/mol. The van der Waals surface area contributed by atoms with E-state index in [1.165, 1.54) is 18.4 Å². The maximum absolute atomic E-state index is 4.25. The van der Waals surface area contributed by atoms with Crippen molar-refractivity contribution in [2.45, 2.75) is 25.4 Å². The van der Waals surface area contributed by atoms with E-state index in [9.17, 15) is 0 Å². The Bertz CT molecular complexity index is 500. The van der Waals surface area contributed by atoms with Crippen LogP contribution in [0, 0.1) is 0 Å². The Morgan fingerprint density at radius 2 is 2.06 bits per heavy atom. The summed E-state index contributed by atoms with van der Waals surface area (Å²) in [6.45, 7) is 0.966. The third kappa shape index (κ3) is 2.76. The number of hydrogen-bond acceptors (Lipinski definition) is 2. The maximum Gasteiger partial charge on any atom is 0.0646 e. The standard InChI is InChI=1S/C13H14BrN3/c14-11-8-16-17(9-11)13-5-1-10(2-6-13)7-15-12-3-4-12/h1-2,5-6,8-9,12,15H,3-4,7H2. The summed E-state index contributed by atoms with van der Waals surface area (Å²) in [7, 11) is 0. The first-order valence-electron chi connectivity index (χ1n) is 5.84. The summed E-state index contributed by atoms with van der Waals surface area (Å²) >= 11 is 3.40. The molecule has 0 bridgehead atoms. The van der Waals surface area contributed by atoms with Gasteiger partial charge in [0.15, 0.2) is 0 Å². The minimum Gasteiger partial charge on any atom is -0.310 e. The van der Waals surface area contributed by atoms with E-state index in [0.29, 0.717) is 0 Å². The predicted octanol–water partition coefficient (Wildman–Crippen LogP) is 2.89. The van der Waals surface area contributed by atoms with E-state index in [1.54, 1.807) is 6.20 Å². The van der Waals surface area contributed by atoms with E-state index in [1.807, 2.05) is 10.9 Å². The van der Waals surface area contributed by atoms with Crippen molar-refractivity contribution >= 4 is 15.9 Å². The van der Waals surface area contributed by atoms with Gasteiger partial charge in [0.1, 0.15) is 0 Å². The molecule has 4 heteroatoms. The molecule has 0 saturated heterocycles. The highest BCUT2D eigenvalue weighted by Gasteiger charge is 2.19. The summed E-state index contributed by atoms with van der Waals surface area (Å²) in [6, 6.07) is 9.27. The summed E-state index contributed by atoms with van der Waals surface area (Å²) in [5.41, 5.74) is 2.41. The molecule has 3 nitrogen and oxygen atoms in total. The minimum atomic E-state index is 0.761. The van der Waals surface area contributed by atoms with Crippen molar-refractivity contribution in [3.05, 3.63) is 46.7 Å². The molecule has 17 heavy (non-hydrogen) atoms. The van der Waals surface area contributed by atoms with Gasteiger partial charge in [-0.05, 0) is 46.5 Å². The van der Waals surface area contributed by atoms with Gasteiger partial charge >= 0.3 is 0 Å². The number of nitrogens with zero attached hydrogens (tertiary/aromatic N) is 2. The number of hydrogen-bond donors (Lipinski definition) is 1. The van der Waals surface area contributed by atoms with E-state index in [-0.39, 0.29) is 0 Å². The largest absolute Gasteiger partial charge is 0.310 e. The number of benzene rings is 1. The molecule has 1 heterocycles. The van der Waals surface area contributed by atoms with Gasteiger partial charge < -0.3 is 5.32 Å². The second-order valence-corrected chi connectivity index (χ2v) is 5.34. The van der Waals surface area contributed by atoms with Crippen LogP contribution in [0.1, 0.15) is 18.4 Å². The van der Waals surface area contributed by atoms with Gasteiger partial charge in [-0.3, -0.25) is 0 Å². The molecule has 1 aliphatic carbocycles. The van der Waals surface area contributed by atoms with Crippen LogP contribution < -0.4 is 5.32 Å². The summed E-state index contributed by atoms with van der Waals surface area (Å²) in [5.74, 6) is 0. The second kappa shape index (κ2) is 4.63. The van der Waals surface area contributed by atoms with E-state index in [4.69, 9.17) is 0 Å². The fourth-order valence-electron chi connectivity index (χ4n) is 1.76. The third-order valence-corrected chi connectivity index (χ3v) is 3.33. The van der Waals surface area contributed by atoms with Crippen LogP contribution in [0.25, 0.3) is 5.69 Å². The van der Waals surface area contributed by atoms with Crippen LogP contribution in [0.5, 0.6) is 0 Å². The van der Waals surface area contributed by atoms with Gasteiger partial charge in [-0.2, -0.15) is 5.10 Å². The number of halogens is 1. The zero-order valence-electron chi connectivity index (χ0n) is 9.44. The van der Waals surface area contributed by atoms with Crippen molar-refractivity contribution in [3.8, 4) is 5.69 Å². The van der Waals surface area contributed by atoms with Gasteiger partial charge in [-0.15, -0.1) is 0 Å². The molecule has 0 radical (unpaired) electrons. The number of nitrogens with one attached hydrogen (secondary N) is 1. The normalized spacial score (nSPS) is 15.1. The number of aromatic nitrogens is 2. The van der Waals surface area contributed by atoms with Gasteiger partial charge in [0.25, 0.3) is 0 Å². The van der Waals surface area contributed by atoms with Gasteiger partial charge in [-0.1, -0.05) is 12.1 Å². The minimum absolute atomic E-state index is 0.761. The van der Waals surface area contributed by atoms with Crippen LogP contribution >= 0.6 is 15.9 Å². The molecule has 0 amide bonds. The summed E-state index contributed by atoms with van der Waals surface area (Å²) in [5, 5.41) is 7.76. The van der Waals surface area contributed by atoms with Crippen LogP contribution in [0.4, 0.5) is 0 Å². The highest BCUT2D eigenvalue weighted by atomic mass is 79.9. The van der Waals surface area contributed by atoms with Gasteiger partial charge in [-0.25, -0.2) is 4.68 Å². The fourth-order valence-corrected chi connectivity index (χ4v) is 2.04. The molecule has 3 rings (SSSR count). The fraction of sp³-hybridized carbons (Fsp3) is 0.308. The van der Waals surface area contributed by atoms with Crippen molar-refractivity contribution in [1.82, 2.24) is 15.1 Å². The summed E-state index contributed by atoms with van der Waals surface area (Å²) in [4.78, 5) is 0. The Balaban J connectivity index is 1.70. The Morgan fingerprint density at radius 3 is 2.65 bits per heavy atom.